The van der Waals surface area contributed by atoms with Gasteiger partial charge in [-0.15, -0.1) is 0 Å². The number of fused-ring (bicyclic) bond motifs is 1. The second-order valence-corrected chi connectivity index (χ2v) is 6.13. The summed E-state index contributed by atoms with van der Waals surface area (Å²) in [4.78, 5) is 12.3. The SMILES string of the molecule is Clc1ncc(Nc2nccc3cc(OCC4COCCO4)ccc23)cn1. The van der Waals surface area contributed by atoms with Crippen LogP contribution in [0.5, 0.6) is 5.75 Å². The standard InChI is InChI=1S/C18H17ClN4O3/c19-18-21-8-13(9-22-18)23-17-16-2-1-14(7-12(16)3-4-20-17)26-11-15-10-24-5-6-25-15/h1-4,7-9,15H,5-6,10-11H2,(H,20,23). The Bertz CT molecular complexity index is 885. The van der Waals surface area contributed by atoms with Crippen molar-refractivity contribution in [3.8, 4) is 5.75 Å². The number of anilines is 2. The maximum atomic E-state index is 5.84. The summed E-state index contributed by atoms with van der Waals surface area (Å²) in [6.45, 7) is 2.29. The second-order valence-electron chi connectivity index (χ2n) is 5.79. The first-order valence-corrected chi connectivity index (χ1v) is 8.61. The summed E-state index contributed by atoms with van der Waals surface area (Å²) in [7, 11) is 0. The maximum Gasteiger partial charge on any atom is 0.222 e. The Kier molecular flexibility index (Phi) is 5.10. The van der Waals surface area contributed by atoms with E-state index in [0.717, 1.165) is 16.5 Å². The monoisotopic (exact) mass is 372 g/mol. The Morgan fingerprint density at radius 3 is 2.85 bits per heavy atom. The van der Waals surface area contributed by atoms with Crippen molar-refractivity contribution in [2.24, 2.45) is 0 Å². The van der Waals surface area contributed by atoms with Crippen LogP contribution in [0.4, 0.5) is 11.5 Å². The fraction of sp³-hybridized carbons (Fsp3) is 0.278. The van der Waals surface area contributed by atoms with E-state index in [9.17, 15) is 0 Å². The molecule has 1 aliphatic heterocycles. The number of hydrogen-bond acceptors (Lipinski definition) is 7. The van der Waals surface area contributed by atoms with Crippen LogP contribution in [0.25, 0.3) is 10.8 Å². The van der Waals surface area contributed by atoms with Gasteiger partial charge < -0.3 is 19.5 Å². The van der Waals surface area contributed by atoms with Gasteiger partial charge in [-0.2, -0.15) is 0 Å². The average molecular weight is 373 g/mol. The van der Waals surface area contributed by atoms with Crippen molar-refractivity contribution in [2.75, 3.05) is 31.7 Å². The fourth-order valence-corrected chi connectivity index (χ4v) is 2.78. The molecule has 0 aliphatic carbocycles. The summed E-state index contributed by atoms with van der Waals surface area (Å²) >= 11 is 5.72. The van der Waals surface area contributed by atoms with Crippen molar-refractivity contribution in [1.29, 1.82) is 0 Å². The van der Waals surface area contributed by atoms with E-state index in [1.807, 2.05) is 24.3 Å². The van der Waals surface area contributed by atoms with E-state index < -0.39 is 0 Å². The molecule has 0 amide bonds. The molecular weight excluding hydrogens is 356 g/mol. The molecule has 1 fully saturated rings. The van der Waals surface area contributed by atoms with Crippen molar-refractivity contribution in [1.82, 2.24) is 15.0 Å². The first-order valence-electron chi connectivity index (χ1n) is 8.23. The predicted molar refractivity (Wildman–Crippen MR) is 98.1 cm³/mol. The van der Waals surface area contributed by atoms with Crippen molar-refractivity contribution in [2.45, 2.75) is 6.10 Å². The molecule has 1 unspecified atom stereocenters. The zero-order valence-electron chi connectivity index (χ0n) is 13.9. The van der Waals surface area contributed by atoms with Gasteiger partial charge in [0, 0.05) is 11.6 Å². The highest BCUT2D eigenvalue weighted by Gasteiger charge is 2.15. The van der Waals surface area contributed by atoms with Gasteiger partial charge in [0.25, 0.3) is 0 Å². The van der Waals surface area contributed by atoms with Crippen LogP contribution in [-0.2, 0) is 9.47 Å². The van der Waals surface area contributed by atoms with Gasteiger partial charge in [-0.25, -0.2) is 15.0 Å². The summed E-state index contributed by atoms with van der Waals surface area (Å²) in [5.41, 5.74) is 0.712. The lowest BCUT2D eigenvalue weighted by atomic mass is 10.1. The van der Waals surface area contributed by atoms with E-state index in [4.69, 9.17) is 25.8 Å². The smallest absolute Gasteiger partial charge is 0.222 e. The third-order valence-electron chi connectivity index (χ3n) is 3.94. The first kappa shape index (κ1) is 17.0. The van der Waals surface area contributed by atoms with Crippen molar-refractivity contribution in [3.05, 3.63) is 48.1 Å². The molecule has 1 aromatic carbocycles. The number of halogens is 1. The molecule has 1 aliphatic rings. The fourth-order valence-electron chi connectivity index (χ4n) is 2.68. The maximum absolute atomic E-state index is 5.84. The minimum atomic E-state index is -0.0287. The highest BCUT2D eigenvalue weighted by Crippen LogP contribution is 2.27. The number of nitrogens with one attached hydrogen (secondary N) is 1. The van der Waals surface area contributed by atoms with Crippen LogP contribution in [0.3, 0.4) is 0 Å². The Morgan fingerprint density at radius 2 is 2.04 bits per heavy atom. The van der Waals surface area contributed by atoms with Gasteiger partial charge >= 0.3 is 0 Å². The molecule has 26 heavy (non-hydrogen) atoms. The minimum absolute atomic E-state index is 0.0287. The van der Waals surface area contributed by atoms with Gasteiger partial charge in [0.2, 0.25) is 5.28 Å². The third-order valence-corrected chi connectivity index (χ3v) is 4.13. The molecule has 0 spiro atoms. The molecule has 3 heterocycles. The number of hydrogen-bond donors (Lipinski definition) is 1. The molecule has 2 aromatic heterocycles. The number of aromatic nitrogens is 3. The van der Waals surface area contributed by atoms with E-state index in [0.29, 0.717) is 37.9 Å². The summed E-state index contributed by atoms with van der Waals surface area (Å²) in [6, 6.07) is 7.79. The molecule has 0 radical (unpaired) electrons. The number of ether oxygens (including phenoxy) is 3. The molecule has 134 valence electrons. The molecular formula is C18H17ClN4O3. The highest BCUT2D eigenvalue weighted by atomic mass is 35.5. The number of benzene rings is 1. The Labute approximate surface area is 155 Å². The van der Waals surface area contributed by atoms with Crippen LogP contribution in [0.2, 0.25) is 5.28 Å². The first-order chi connectivity index (χ1) is 12.8. The second kappa shape index (κ2) is 7.82. The summed E-state index contributed by atoms with van der Waals surface area (Å²) in [6.07, 6.45) is 4.93. The lowest BCUT2D eigenvalue weighted by Gasteiger charge is -2.23. The normalized spacial score (nSPS) is 17.2. The quantitative estimate of drug-likeness (QED) is 0.689. The van der Waals surface area contributed by atoms with Gasteiger partial charge in [-0.3, -0.25) is 0 Å². The van der Waals surface area contributed by atoms with Crippen molar-refractivity contribution >= 4 is 33.9 Å². The molecule has 3 aromatic rings. The molecule has 1 saturated heterocycles. The van der Waals surface area contributed by atoms with Crippen LogP contribution in [0, 0.1) is 0 Å². The summed E-state index contributed by atoms with van der Waals surface area (Å²) in [5, 5.41) is 5.38. The van der Waals surface area contributed by atoms with Gasteiger partial charge in [-0.05, 0) is 41.3 Å². The van der Waals surface area contributed by atoms with Gasteiger partial charge in [0.1, 0.15) is 24.3 Å². The molecule has 0 saturated carbocycles. The van der Waals surface area contributed by atoms with Gasteiger partial charge in [0.15, 0.2) is 0 Å². The van der Waals surface area contributed by atoms with Crippen LogP contribution >= 0.6 is 11.6 Å². The van der Waals surface area contributed by atoms with Crippen LogP contribution in [-0.4, -0.2) is 47.5 Å². The average Bonchev–Trinajstić information content (AvgIpc) is 2.69. The van der Waals surface area contributed by atoms with Crippen LogP contribution in [0.15, 0.2) is 42.9 Å². The number of nitrogens with zero attached hydrogens (tertiary/aromatic N) is 3. The van der Waals surface area contributed by atoms with Crippen LogP contribution in [0.1, 0.15) is 0 Å². The third kappa shape index (κ3) is 4.01. The molecule has 7 nitrogen and oxygen atoms in total. The molecule has 1 atom stereocenters. The van der Waals surface area contributed by atoms with E-state index in [-0.39, 0.29) is 11.4 Å². The lowest BCUT2D eigenvalue weighted by Crippen LogP contribution is -2.33. The molecule has 8 heteroatoms. The lowest BCUT2D eigenvalue weighted by molar-refractivity contribution is -0.101. The zero-order valence-corrected chi connectivity index (χ0v) is 14.6. The molecule has 1 N–H and O–H groups in total. The summed E-state index contributed by atoms with van der Waals surface area (Å²) < 4.78 is 16.8. The minimum Gasteiger partial charge on any atom is -0.491 e. The van der Waals surface area contributed by atoms with Crippen LogP contribution < -0.4 is 10.1 Å². The zero-order chi connectivity index (χ0) is 17.8. The van der Waals surface area contributed by atoms with E-state index in [1.165, 1.54) is 0 Å². The Balaban J connectivity index is 1.50. The van der Waals surface area contributed by atoms with E-state index in [1.54, 1.807) is 18.6 Å². The van der Waals surface area contributed by atoms with Crippen molar-refractivity contribution < 1.29 is 14.2 Å². The van der Waals surface area contributed by atoms with Gasteiger partial charge in [0.05, 0.1) is 37.9 Å². The topological polar surface area (TPSA) is 78.4 Å². The number of pyridine rings is 1. The van der Waals surface area contributed by atoms with Gasteiger partial charge in [-0.1, -0.05) is 0 Å². The summed E-state index contributed by atoms with van der Waals surface area (Å²) in [5.74, 6) is 1.49. The van der Waals surface area contributed by atoms with Crippen molar-refractivity contribution in [3.63, 3.8) is 0 Å². The Hall–Kier alpha value is -2.48. The predicted octanol–water partition coefficient (Wildman–Crippen LogP) is 3.22. The molecule has 0 bridgehead atoms. The van der Waals surface area contributed by atoms with E-state index in [2.05, 4.69) is 20.3 Å². The molecule has 4 rings (SSSR count). The largest absolute Gasteiger partial charge is 0.491 e. The van der Waals surface area contributed by atoms with E-state index >= 15 is 0 Å². The highest BCUT2D eigenvalue weighted by molar-refractivity contribution is 6.28. The Morgan fingerprint density at radius 1 is 1.15 bits per heavy atom. The number of rotatable bonds is 5.